The van der Waals surface area contributed by atoms with Gasteiger partial charge in [-0.05, 0) is 55.8 Å². The van der Waals surface area contributed by atoms with Gasteiger partial charge in [0.25, 0.3) is 0 Å². The van der Waals surface area contributed by atoms with Crippen LogP contribution in [0.1, 0.15) is 136 Å². The standard InChI is InChI=1S/C27H50O/c1-3-5-22-28-27(20-7-6-8-21-27)26-18-16-25(17-19-26)15-14-24-12-10-23(9-4-2)11-13-24/h23-26H,3-22H2,1-2H3/t23-,24-,25-,26-. The Balaban J connectivity index is 1.38. The third-order valence-electron chi connectivity index (χ3n) is 8.82. The minimum Gasteiger partial charge on any atom is -0.375 e. The predicted molar refractivity (Wildman–Crippen MR) is 122 cm³/mol. The van der Waals surface area contributed by atoms with Crippen LogP contribution in [0.2, 0.25) is 0 Å². The molecule has 3 aliphatic rings. The Morgan fingerprint density at radius 2 is 1.18 bits per heavy atom. The maximum absolute atomic E-state index is 6.67. The average molecular weight is 391 g/mol. The first kappa shape index (κ1) is 22.6. The summed E-state index contributed by atoms with van der Waals surface area (Å²) in [5.74, 6) is 4.02. The van der Waals surface area contributed by atoms with Crippen molar-refractivity contribution in [1.82, 2.24) is 0 Å². The molecule has 3 saturated carbocycles. The van der Waals surface area contributed by atoms with Crippen molar-refractivity contribution in [1.29, 1.82) is 0 Å². The maximum Gasteiger partial charge on any atom is 0.0710 e. The molecular weight excluding hydrogens is 340 g/mol. The number of unbranched alkanes of at least 4 members (excludes halogenated alkanes) is 1. The average Bonchev–Trinajstić information content (AvgIpc) is 2.75. The van der Waals surface area contributed by atoms with Crippen LogP contribution in [0.15, 0.2) is 0 Å². The zero-order valence-electron chi connectivity index (χ0n) is 19.4. The smallest absolute Gasteiger partial charge is 0.0710 e. The van der Waals surface area contributed by atoms with Crippen molar-refractivity contribution in [2.75, 3.05) is 6.61 Å². The minimum absolute atomic E-state index is 0.274. The Kier molecular flexibility index (Phi) is 9.68. The van der Waals surface area contributed by atoms with Crippen molar-refractivity contribution in [2.24, 2.45) is 23.7 Å². The van der Waals surface area contributed by atoms with Gasteiger partial charge in [-0.1, -0.05) is 104 Å². The molecule has 164 valence electrons. The SMILES string of the molecule is CCCCOC1([C@H]2CC[C@H](CC[C@H]3CC[C@H](CCC)CC3)CC2)CCCCC1. The van der Waals surface area contributed by atoms with Crippen molar-refractivity contribution in [3.05, 3.63) is 0 Å². The third kappa shape index (κ3) is 6.48. The van der Waals surface area contributed by atoms with Crippen molar-refractivity contribution >= 4 is 0 Å². The number of hydrogen-bond donors (Lipinski definition) is 0. The van der Waals surface area contributed by atoms with Gasteiger partial charge in [-0.25, -0.2) is 0 Å². The molecule has 0 aliphatic heterocycles. The molecule has 0 N–H and O–H groups in total. The first-order valence-corrected chi connectivity index (χ1v) is 13.4. The molecule has 0 bridgehead atoms. The topological polar surface area (TPSA) is 9.23 Å². The monoisotopic (exact) mass is 390 g/mol. The van der Waals surface area contributed by atoms with E-state index in [1.165, 1.54) is 122 Å². The molecule has 0 aromatic heterocycles. The molecule has 0 amide bonds. The molecule has 0 aromatic rings. The second-order valence-electron chi connectivity index (χ2n) is 10.8. The maximum atomic E-state index is 6.67. The molecule has 0 unspecified atom stereocenters. The summed E-state index contributed by atoms with van der Waals surface area (Å²) < 4.78 is 6.67. The molecule has 0 aromatic carbocycles. The summed E-state index contributed by atoms with van der Waals surface area (Å²) in [6, 6.07) is 0. The molecule has 0 radical (unpaired) electrons. The lowest BCUT2D eigenvalue weighted by molar-refractivity contribution is -0.122. The molecule has 3 rings (SSSR count). The van der Waals surface area contributed by atoms with Gasteiger partial charge in [-0.3, -0.25) is 0 Å². The minimum atomic E-state index is 0.274. The van der Waals surface area contributed by atoms with Crippen molar-refractivity contribution in [2.45, 2.75) is 141 Å². The van der Waals surface area contributed by atoms with Gasteiger partial charge in [0.2, 0.25) is 0 Å². The van der Waals surface area contributed by atoms with Gasteiger partial charge in [-0.15, -0.1) is 0 Å². The highest BCUT2D eigenvalue weighted by molar-refractivity contribution is 4.93. The van der Waals surface area contributed by atoms with E-state index in [1.807, 2.05) is 0 Å². The molecule has 0 heterocycles. The van der Waals surface area contributed by atoms with Gasteiger partial charge in [0.05, 0.1) is 5.60 Å². The van der Waals surface area contributed by atoms with Gasteiger partial charge >= 0.3 is 0 Å². The van der Waals surface area contributed by atoms with Crippen LogP contribution < -0.4 is 0 Å². The highest BCUT2D eigenvalue weighted by atomic mass is 16.5. The molecule has 1 heteroatoms. The zero-order valence-corrected chi connectivity index (χ0v) is 19.4. The van der Waals surface area contributed by atoms with Crippen molar-refractivity contribution in [3.63, 3.8) is 0 Å². The first-order chi connectivity index (χ1) is 13.8. The quantitative estimate of drug-likeness (QED) is 0.339. The highest BCUT2D eigenvalue weighted by Gasteiger charge is 2.42. The summed E-state index contributed by atoms with van der Waals surface area (Å²) in [4.78, 5) is 0. The molecule has 0 saturated heterocycles. The summed E-state index contributed by atoms with van der Waals surface area (Å²) in [7, 11) is 0. The van der Waals surface area contributed by atoms with Gasteiger partial charge < -0.3 is 4.74 Å². The Morgan fingerprint density at radius 3 is 1.71 bits per heavy atom. The van der Waals surface area contributed by atoms with Crippen LogP contribution >= 0.6 is 0 Å². The summed E-state index contributed by atoms with van der Waals surface area (Å²) in [5, 5.41) is 0. The normalized spacial score (nSPS) is 33.6. The number of ether oxygens (including phenoxy) is 1. The van der Waals surface area contributed by atoms with E-state index in [1.54, 1.807) is 0 Å². The van der Waals surface area contributed by atoms with Crippen molar-refractivity contribution in [3.8, 4) is 0 Å². The molecule has 0 atom stereocenters. The zero-order chi connectivity index (χ0) is 19.7. The van der Waals surface area contributed by atoms with Gasteiger partial charge in [0.15, 0.2) is 0 Å². The molecule has 0 spiro atoms. The second-order valence-corrected chi connectivity index (χ2v) is 10.8. The predicted octanol–water partition coefficient (Wildman–Crippen LogP) is 8.70. The molecule has 1 nitrogen and oxygen atoms in total. The van der Waals surface area contributed by atoms with E-state index in [2.05, 4.69) is 13.8 Å². The Labute approximate surface area is 176 Å². The van der Waals surface area contributed by atoms with Crippen molar-refractivity contribution < 1.29 is 4.74 Å². The van der Waals surface area contributed by atoms with E-state index < -0.39 is 0 Å². The Hall–Kier alpha value is -0.0400. The van der Waals surface area contributed by atoms with E-state index in [0.717, 1.165) is 30.3 Å². The third-order valence-corrected chi connectivity index (χ3v) is 8.82. The fourth-order valence-electron chi connectivity index (χ4n) is 6.91. The molecule has 3 aliphatic carbocycles. The second kappa shape index (κ2) is 12.0. The molecular formula is C27H50O. The summed E-state index contributed by atoms with van der Waals surface area (Å²) in [6.07, 6.45) is 27.5. The fraction of sp³-hybridized carbons (Fsp3) is 1.00. The lowest BCUT2D eigenvalue weighted by Crippen LogP contribution is -2.44. The van der Waals surface area contributed by atoms with E-state index in [4.69, 9.17) is 4.74 Å². The van der Waals surface area contributed by atoms with Crippen LogP contribution in [-0.4, -0.2) is 12.2 Å². The van der Waals surface area contributed by atoms with Crippen LogP contribution in [0.3, 0.4) is 0 Å². The van der Waals surface area contributed by atoms with E-state index >= 15 is 0 Å². The van der Waals surface area contributed by atoms with Crippen LogP contribution in [0.5, 0.6) is 0 Å². The Morgan fingerprint density at radius 1 is 0.643 bits per heavy atom. The van der Waals surface area contributed by atoms with Gasteiger partial charge in [0, 0.05) is 6.61 Å². The summed E-state index contributed by atoms with van der Waals surface area (Å²) >= 11 is 0. The summed E-state index contributed by atoms with van der Waals surface area (Å²) in [5.41, 5.74) is 0.274. The lowest BCUT2D eigenvalue weighted by Gasteiger charge is -2.46. The lowest BCUT2D eigenvalue weighted by atomic mass is 9.67. The van der Waals surface area contributed by atoms with Gasteiger partial charge in [-0.2, -0.15) is 0 Å². The van der Waals surface area contributed by atoms with Crippen LogP contribution in [0.25, 0.3) is 0 Å². The van der Waals surface area contributed by atoms with Gasteiger partial charge in [0.1, 0.15) is 0 Å². The first-order valence-electron chi connectivity index (χ1n) is 13.4. The van der Waals surface area contributed by atoms with Crippen LogP contribution in [0, 0.1) is 23.7 Å². The molecule has 3 fully saturated rings. The number of hydrogen-bond acceptors (Lipinski definition) is 1. The highest BCUT2D eigenvalue weighted by Crippen LogP contribution is 2.46. The number of rotatable bonds is 10. The van der Waals surface area contributed by atoms with Crippen LogP contribution in [-0.2, 0) is 4.74 Å². The fourth-order valence-corrected chi connectivity index (χ4v) is 6.91. The van der Waals surface area contributed by atoms with E-state index in [-0.39, 0.29) is 5.60 Å². The summed E-state index contributed by atoms with van der Waals surface area (Å²) in [6.45, 7) is 5.66. The molecule has 28 heavy (non-hydrogen) atoms. The largest absolute Gasteiger partial charge is 0.375 e. The van der Waals surface area contributed by atoms with E-state index in [0.29, 0.717) is 0 Å². The Bertz CT molecular complexity index is 394. The van der Waals surface area contributed by atoms with E-state index in [9.17, 15) is 0 Å². The van der Waals surface area contributed by atoms with Crippen LogP contribution in [0.4, 0.5) is 0 Å².